The normalized spacial score (nSPS) is 10.5. The van der Waals surface area contributed by atoms with E-state index in [1.165, 1.54) is 18.4 Å². The third-order valence-electron chi connectivity index (χ3n) is 3.84. The van der Waals surface area contributed by atoms with E-state index in [4.69, 9.17) is 4.42 Å². The first-order valence-corrected chi connectivity index (χ1v) is 8.19. The first-order valence-electron chi connectivity index (χ1n) is 8.19. The number of non-ortho nitro benzene ring substituents is 2. The van der Waals surface area contributed by atoms with E-state index in [9.17, 15) is 29.8 Å². The number of hydrogen-bond acceptors (Lipinski definition) is 8. The molecule has 12 heteroatoms. The van der Waals surface area contributed by atoms with E-state index in [1.54, 1.807) is 12.1 Å². The summed E-state index contributed by atoms with van der Waals surface area (Å²) in [7, 11) is 0. The van der Waals surface area contributed by atoms with Gasteiger partial charge in [-0.05, 0) is 18.2 Å². The molecule has 12 nitrogen and oxygen atoms in total. The van der Waals surface area contributed by atoms with Crippen LogP contribution in [-0.4, -0.2) is 32.1 Å². The second-order valence-corrected chi connectivity index (χ2v) is 5.77. The number of furan rings is 1. The molecule has 2 aromatic heterocycles. The molecular formula is C17H13N5O7. The zero-order chi connectivity index (χ0) is 21.0. The molecule has 0 spiro atoms. The number of nitro groups is 2. The molecule has 0 aliphatic rings. The summed E-state index contributed by atoms with van der Waals surface area (Å²) in [6.07, 6.45) is 1.46. The molecule has 2 heterocycles. The average molecular weight is 399 g/mol. The van der Waals surface area contributed by atoms with Crippen LogP contribution in [0.5, 0.6) is 0 Å². The van der Waals surface area contributed by atoms with Gasteiger partial charge in [-0.15, -0.1) is 0 Å². The van der Waals surface area contributed by atoms with Crippen molar-refractivity contribution >= 4 is 17.3 Å². The Morgan fingerprint density at radius 3 is 2.38 bits per heavy atom. The summed E-state index contributed by atoms with van der Waals surface area (Å²) < 4.78 is 6.34. The quantitative estimate of drug-likeness (QED) is 0.464. The van der Waals surface area contributed by atoms with Crippen molar-refractivity contribution in [3.63, 3.8) is 0 Å². The van der Waals surface area contributed by atoms with Crippen molar-refractivity contribution in [2.45, 2.75) is 6.54 Å². The fourth-order valence-corrected chi connectivity index (χ4v) is 2.48. The molecule has 0 saturated heterocycles. The summed E-state index contributed by atoms with van der Waals surface area (Å²) in [5.41, 5.74) is -1.37. The Morgan fingerprint density at radius 1 is 1.10 bits per heavy atom. The Morgan fingerprint density at radius 2 is 1.79 bits per heavy atom. The van der Waals surface area contributed by atoms with Crippen LogP contribution < -0.4 is 10.9 Å². The third kappa shape index (κ3) is 4.50. The number of nitrogens with zero attached hydrogens (tertiary/aromatic N) is 4. The fourth-order valence-electron chi connectivity index (χ4n) is 2.48. The lowest BCUT2D eigenvalue weighted by atomic mass is 10.1. The summed E-state index contributed by atoms with van der Waals surface area (Å²) in [5, 5.41) is 28.4. The van der Waals surface area contributed by atoms with Crippen LogP contribution in [0.3, 0.4) is 0 Å². The van der Waals surface area contributed by atoms with Crippen LogP contribution in [0.25, 0.3) is 11.5 Å². The standard InChI is InChI=1S/C17H13N5O7/c23-16-4-3-14(15-2-1-7-29-15)19-20(16)6-5-18-17(24)11-8-12(21(25)26)10-13(9-11)22(27)28/h1-4,7-10H,5-6H2,(H,18,24). The SMILES string of the molecule is O=C(NCCn1nc(-c2ccco2)ccc1=O)c1cc([N+](=O)[O-])cc([N+](=O)[O-])c1. The average Bonchev–Trinajstić information content (AvgIpc) is 3.23. The largest absolute Gasteiger partial charge is 0.463 e. The topological polar surface area (TPSA) is 163 Å². The molecular weight excluding hydrogens is 386 g/mol. The predicted molar refractivity (Wildman–Crippen MR) is 98.3 cm³/mol. The molecule has 0 aliphatic carbocycles. The van der Waals surface area contributed by atoms with Gasteiger partial charge in [0.1, 0.15) is 5.69 Å². The molecule has 0 aliphatic heterocycles. The number of hydrogen-bond donors (Lipinski definition) is 1. The number of benzene rings is 1. The molecule has 1 N–H and O–H groups in total. The predicted octanol–water partition coefficient (Wildman–Crippen LogP) is 1.75. The van der Waals surface area contributed by atoms with Crippen LogP contribution in [-0.2, 0) is 6.54 Å². The van der Waals surface area contributed by atoms with Gasteiger partial charge < -0.3 is 9.73 Å². The van der Waals surface area contributed by atoms with E-state index in [0.717, 1.165) is 22.9 Å². The van der Waals surface area contributed by atoms with E-state index < -0.39 is 32.7 Å². The zero-order valence-corrected chi connectivity index (χ0v) is 14.7. The van der Waals surface area contributed by atoms with Gasteiger partial charge in [0.2, 0.25) is 0 Å². The second-order valence-electron chi connectivity index (χ2n) is 5.77. The molecule has 1 aromatic carbocycles. The highest BCUT2D eigenvalue weighted by molar-refractivity contribution is 5.95. The van der Waals surface area contributed by atoms with Crippen molar-refractivity contribution < 1.29 is 19.1 Å². The third-order valence-corrected chi connectivity index (χ3v) is 3.84. The van der Waals surface area contributed by atoms with Crippen molar-refractivity contribution in [2.75, 3.05) is 6.54 Å². The maximum atomic E-state index is 12.2. The van der Waals surface area contributed by atoms with Crippen molar-refractivity contribution in [1.29, 1.82) is 0 Å². The van der Waals surface area contributed by atoms with Gasteiger partial charge in [0, 0.05) is 24.7 Å². The van der Waals surface area contributed by atoms with E-state index in [-0.39, 0.29) is 18.7 Å². The number of carbonyl (C=O) groups is 1. The van der Waals surface area contributed by atoms with E-state index in [2.05, 4.69) is 10.4 Å². The van der Waals surface area contributed by atoms with Gasteiger partial charge in [-0.1, -0.05) is 0 Å². The minimum atomic E-state index is -0.826. The lowest BCUT2D eigenvalue weighted by Gasteiger charge is -2.08. The zero-order valence-electron chi connectivity index (χ0n) is 14.7. The van der Waals surface area contributed by atoms with Crippen LogP contribution in [0.15, 0.2) is 57.9 Å². The van der Waals surface area contributed by atoms with E-state index >= 15 is 0 Å². The Kier molecular flexibility index (Phi) is 5.44. The monoisotopic (exact) mass is 399 g/mol. The highest BCUT2D eigenvalue weighted by Gasteiger charge is 2.19. The lowest BCUT2D eigenvalue weighted by Crippen LogP contribution is -2.32. The summed E-state index contributed by atoms with van der Waals surface area (Å²) in [4.78, 5) is 44.4. The Bertz CT molecular complexity index is 1110. The van der Waals surface area contributed by atoms with Crippen molar-refractivity contribution in [3.05, 3.63) is 84.9 Å². The van der Waals surface area contributed by atoms with Crippen LogP contribution in [0, 0.1) is 20.2 Å². The van der Waals surface area contributed by atoms with Crippen molar-refractivity contribution in [2.24, 2.45) is 0 Å². The first kappa shape index (κ1) is 19.4. The first-order chi connectivity index (χ1) is 13.8. The molecule has 0 fully saturated rings. The molecule has 0 saturated carbocycles. The Labute approximate surface area is 161 Å². The Hall–Kier alpha value is -4.35. The van der Waals surface area contributed by atoms with Crippen LogP contribution >= 0.6 is 0 Å². The molecule has 148 valence electrons. The summed E-state index contributed by atoms with van der Waals surface area (Å²) >= 11 is 0. The molecule has 0 atom stereocenters. The molecule has 1 amide bonds. The Balaban J connectivity index is 1.72. The summed E-state index contributed by atoms with van der Waals surface area (Å²) in [5.74, 6) is -0.293. The number of nitrogens with one attached hydrogen (secondary N) is 1. The maximum Gasteiger partial charge on any atom is 0.277 e. The highest BCUT2D eigenvalue weighted by atomic mass is 16.6. The van der Waals surface area contributed by atoms with Gasteiger partial charge in [-0.2, -0.15) is 5.10 Å². The van der Waals surface area contributed by atoms with E-state index in [0.29, 0.717) is 11.5 Å². The summed E-state index contributed by atoms with van der Waals surface area (Å²) in [6.45, 7) is -0.0278. The summed E-state index contributed by atoms with van der Waals surface area (Å²) in [6, 6.07) is 8.78. The molecule has 3 rings (SSSR count). The van der Waals surface area contributed by atoms with Crippen molar-refractivity contribution in [1.82, 2.24) is 15.1 Å². The number of rotatable bonds is 7. The van der Waals surface area contributed by atoms with Gasteiger partial charge in [-0.3, -0.25) is 29.8 Å². The van der Waals surface area contributed by atoms with E-state index in [1.807, 2.05) is 0 Å². The van der Waals surface area contributed by atoms with Crippen LogP contribution in [0.1, 0.15) is 10.4 Å². The number of amides is 1. The maximum absolute atomic E-state index is 12.2. The van der Waals surface area contributed by atoms with Gasteiger partial charge in [0.25, 0.3) is 22.8 Å². The van der Waals surface area contributed by atoms with Gasteiger partial charge in [0.15, 0.2) is 5.76 Å². The minimum absolute atomic E-state index is 0.0101. The minimum Gasteiger partial charge on any atom is -0.463 e. The smallest absolute Gasteiger partial charge is 0.277 e. The number of nitro benzene ring substituents is 2. The number of carbonyl (C=O) groups excluding carboxylic acids is 1. The van der Waals surface area contributed by atoms with Crippen molar-refractivity contribution in [3.8, 4) is 11.5 Å². The highest BCUT2D eigenvalue weighted by Crippen LogP contribution is 2.22. The molecule has 0 radical (unpaired) electrons. The van der Waals surface area contributed by atoms with Crippen LogP contribution in [0.2, 0.25) is 0 Å². The molecule has 0 unspecified atom stereocenters. The molecule has 0 bridgehead atoms. The molecule has 3 aromatic rings. The van der Waals surface area contributed by atoms with Crippen LogP contribution in [0.4, 0.5) is 11.4 Å². The number of aromatic nitrogens is 2. The van der Waals surface area contributed by atoms with Gasteiger partial charge >= 0.3 is 0 Å². The molecule has 29 heavy (non-hydrogen) atoms. The lowest BCUT2D eigenvalue weighted by molar-refractivity contribution is -0.394. The second kappa shape index (κ2) is 8.12. The van der Waals surface area contributed by atoms with Gasteiger partial charge in [-0.25, -0.2) is 4.68 Å². The fraction of sp³-hybridized carbons (Fsp3) is 0.118. The van der Waals surface area contributed by atoms with Gasteiger partial charge in [0.05, 0.1) is 34.3 Å².